The van der Waals surface area contributed by atoms with E-state index in [1.165, 1.54) is 35.7 Å². The van der Waals surface area contributed by atoms with Crippen LogP contribution in [-0.2, 0) is 15.2 Å². The van der Waals surface area contributed by atoms with Crippen LogP contribution in [0, 0.1) is 5.82 Å². The first-order chi connectivity index (χ1) is 13.0. The van der Waals surface area contributed by atoms with E-state index in [2.05, 4.69) is 37.1 Å². The highest BCUT2D eigenvalue weighted by Crippen LogP contribution is 2.34. The largest absolute Gasteiger partial charge is 0.369 e. The molecule has 2 aromatic rings. The summed E-state index contributed by atoms with van der Waals surface area (Å²) in [6.45, 7) is 1.64. The number of nitrogens with one attached hydrogen (secondary N) is 1. The molecule has 3 rings (SSSR count). The number of nitrogens with zero attached hydrogens (tertiary/aromatic N) is 3. The monoisotopic (exact) mass is 467 g/mol. The predicted octanol–water partition coefficient (Wildman–Crippen LogP) is 2.34. The van der Waals surface area contributed by atoms with Crippen molar-refractivity contribution < 1.29 is 13.4 Å². The lowest BCUT2D eigenvalue weighted by Crippen LogP contribution is -2.50. The van der Waals surface area contributed by atoms with E-state index in [1.54, 1.807) is 19.1 Å². The molecule has 2 atom stereocenters. The minimum Gasteiger partial charge on any atom is -0.369 e. The van der Waals surface area contributed by atoms with Crippen LogP contribution in [0.25, 0.3) is 0 Å². The second-order valence-electron chi connectivity index (χ2n) is 6.67. The number of guanidine groups is 1. The third kappa shape index (κ3) is 3.88. The molecular weight excluding hydrogens is 449 g/mol. The smallest absolute Gasteiger partial charge is 0.274 e. The number of anilines is 1. The van der Waals surface area contributed by atoms with E-state index in [4.69, 9.17) is 5.73 Å². The molecule has 1 aliphatic rings. The SMILES string of the molecule is C=S1(=O)C[C@@](C)(c2cc(NC(=O)c3ccc(Br)cn3)ccc2F)N=C(N)N1C. The lowest BCUT2D eigenvalue weighted by molar-refractivity contribution is 0.102. The van der Waals surface area contributed by atoms with Gasteiger partial charge in [-0.3, -0.25) is 9.10 Å². The van der Waals surface area contributed by atoms with Gasteiger partial charge in [0.25, 0.3) is 5.91 Å². The van der Waals surface area contributed by atoms with Crippen molar-refractivity contribution >= 4 is 49.1 Å². The van der Waals surface area contributed by atoms with E-state index in [9.17, 15) is 13.4 Å². The minimum atomic E-state index is -2.76. The quantitative estimate of drug-likeness (QED) is 0.676. The number of pyridine rings is 1. The summed E-state index contributed by atoms with van der Waals surface area (Å²) >= 11 is 3.26. The van der Waals surface area contributed by atoms with Gasteiger partial charge in [-0.05, 0) is 59.1 Å². The summed E-state index contributed by atoms with van der Waals surface area (Å²) in [5.41, 5.74) is 5.43. The summed E-state index contributed by atoms with van der Waals surface area (Å²) in [6, 6.07) is 7.37. The van der Waals surface area contributed by atoms with E-state index < -0.39 is 27.0 Å². The molecule has 28 heavy (non-hydrogen) atoms. The van der Waals surface area contributed by atoms with Crippen LogP contribution < -0.4 is 11.1 Å². The van der Waals surface area contributed by atoms with E-state index in [0.717, 1.165) is 4.47 Å². The molecule has 1 aliphatic heterocycles. The van der Waals surface area contributed by atoms with Gasteiger partial charge in [0.2, 0.25) is 5.96 Å². The molecule has 0 bridgehead atoms. The average Bonchev–Trinajstić information content (AvgIpc) is 2.61. The molecule has 0 saturated heterocycles. The summed E-state index contributed by atoms with van der Waals surface area (Å²) < 4.78 is 29.4. The van der Waals surface area contributed by atoms with Crippen LogP contribution in [-0.4, -0.2) is 44.0 Å². The maximum absolute atomic E-state index is 14.6. The Balaban J connectivity index is 1.96. The van der Waals surface area contributed by atoms with Gasteiger partial charge >= 0.3 is 0 Å². The fourth-order valence-electron chi connectivity index (χ4n) is 2.92. The Kier molecular flexibility index (Phi) is 5.20. The van der Waals surface area contributed by atoms with E-state index >= 15 is 0 Å². The first-order valence-corrected chi connectivity index (χ1v) is 10.8. The normalized spacial score (nSPS) is 24.6. The maximum Gasteiger partial charge on any atom is 0.274 e. The van der Waals surface area contributed by atoms with E-state index in [1.807, 2.05) is 0 Å². The molecule has 10 heteroatoms. The first-order valence-electron chi connectivity index (χ1n) is 8.19. The number of benzene rings is 1. The van der Waals surface area contributed by atoms with Crippen LogP contribution in [0.1, 0.15) is 23.0 Å². The Labute approximate surface area is 171 Å². The van der Waals surface area contributed by atoms with Crippen LogP contribution in [0.2, 0.25) is 0 Å². The number of aromatic nitrogens is 1. The van der Waals surface area contributed by atoms with Crippen molar-refractivity contribution in [1.82, 2.24) is 9.29 Å². The van der Waals surface area contributed by atoms with Gasteiger partial charge in [-0.15, -0.1) is 0 Å². The van der Waals surface area contributed by atoms with E-state index in [0.29, 0.717) is 5.69 Å². The zero-order valence-electron chi connectivity index (χ0n) is 15.3. The molecule has 1 aromatic heterocycles. The lowest BCUT2D eigenvalue weighted by atomic mass is 9.93. The number of nitrogens with two attached hydrogens (primary N) is 1. The average molecular weight is 468 g/mol. The van der Waals surface area contributed by atoms with Crippen molar-refractivity contribution in [2.75, 3.05) is 18.1 Å². The summed E-state index contributed by atoms with van der Waals surface area (Å²) in [5, 5.41) is 2.68. The molecule has 1 amide bonds. The Bertz CT molecular complexity index is 1070. The van der Waals surface area contributed by atoms with Gasteiger partial charge in [0, 0.05) is 29.0 Å². The molecule has 1 aromatic carbocycles. The molecule has 1 unspecified atom stereocenters. The summed E-state index contributed by atoms with van der Waals surface area (Å²) in [5.74, 6) is 2.73. The second kappa shape index (κ2) is 7.17. The van der Waals surface area contributed by atoms with Crippen molar-refractivity contribution in [2.24, 2.45) is 10.7 Å². The Hall–Kier alpha value is -2.46. The van der Waals surface area contributed by atoms with Gasteiger partial charge in [0.15, 0.2) is 0 Å². The number of carbonyl (C=O) groups is 1. The minimum absolute atomic E-state index is 0.0141. The van der Waals surface area contributed by atoms with Crippen LogP contribution in [0.3, 0.4) is 0 Å². The van der Waals surface area contributed by atoms with Gasteiger partial charge in [0.1, 0.15) is 17.1 Å². The second-order valence-corrected chi connectivity index (χ2v) is 9.97. The number of rotatable bonds is 3. The van der Waals surface area contributed by atoms with Crippen molar-refractivity contribution in [3.63, 3.8) is 0 Å². The van der Waals surface area contributed by atoms with Crippen molar-refractivity contribution in [1.29, 1.82) is 0 Å². The third-order valence-corrected chi connectivity index (χ3v) is 7.12. The van der Waals surface area contributed by atoms with Crippen molar-refractivity contribution in [2.45, 2.75) is 12.5 Å². The Morgan fingerprint density at radius 3 is 2.75 bits per heavy atom. The van der Waals surface area contributed by atoms with Gasteiger partial charge < -0.3 is 11.1 Å². The fourth-order valence-corrected chi connectivity index (χ4v) is 4.83. The zero-order valence-corrected chi connectivity index (χ0v) is 17.7. The molecule has 3 N–H and O–H groups in total. The highest BCUT2D eigenvalue weighted by molar-refractivity contribution is 9.10. The highest BCUT2D eigenvalue weighted by Gasteiger charge is 2.38. The zero-order chi connectivity index (χ0) is 20.7. The molecule has 0 saturated carbocycles. The lowest BCUT2D eigenvalue weighted by Gasteiger charge is -2.37. The number of hydrogen-bond acceptors (Lipinski definition) is 5. The third-order valence-electron chi connectivity index (χ3n) is 4.45. The number of amides is 1. The van der Waals surface area contributed by atoms with Crippen molar-refractivity contribution in [3.8, 4) is 0 Å². The number of carbonyl (C=O) groups excluding carboxylic acids is 1. The van der Waals surface area contributed by atoms with E-state index in [-0.39, 0.29) is 23.0 Å². The van der Waals surface area contributed by atoms with Crippen LogP contribution in [0.4, 0.5) is 10.1 Å². The molecule has 0 spiro atoms. The topological polar surface area (TPSA) is 101 Å². The standard InChI is InChI=1S/C18H19BrFN5O2S/c1-18(10-28(3,27)25(2)17(21)24-18)13-8-12(5-6-14(13)20)23-16(26)15-7-4-11(19)9-22-15/h4-9H,3,10H2,1-2H3,(H2,21,24)(H,23,26)/t18-,28?/m0/s1. The summed E-state index contributed by atoms with van der Waals surface area (Å²) in [7, 11) is -1.22. The summed E-state index contributed by atoms with van der Waals surface area (Å²) in [4.78, 5) is 20.8. The molecule has 0 aliphatic carbocycles. The van der Waals surface area contributed by atoms with Crippen LogP contribution >= 0.6 is 15.9 Å². The fraction of sp³-hybridized carbons (Fsp3) is 0.222. The summed E-state index contributed by atoms with van der Waals surface area (Å²) in [6.07, 6.45) is 1.51. The number of aliphatic imine (C=N–C) groups is 1. The van der Waals surface area contributed by atoms with Gasteiger partial charge in [-0.25, -0.2) is 18.6 Å². The number of halogens is 2. The van der Waals surface area contributed by atoms with Crippen LogP contribution in [0.15, 0.2) is 46.0 Å². The van der Waals surface area contributed by atoms with Gasteiger partial charge in [-0.1, -0.05) is 0 Å². The highest BCUT2D eigenvalue weighted by atomic mass is 79.9. The molecular formula is C18H19BrFN5O2S. The molecule has 0 fully saturated rings. The molecule has 148 valence electrons. The maximum atomic E-state index is 14.6. The van der Waals surface area contributed by atoms with Crippen molar-refractivity contribution in [3.05, 3.63) is 58.1 Å². The first kappa shape index (κ1) is 20.3. The molecule has 2 heterocycles. The molecule has 0 radical (unpaired) electrons. The number of hydrogen-bond donors (Lipinski definition) is 2. The van der Waals surface area contributed by atoms with Gasteiger partial charge in [-0.2, -0.15) is 0 Å². The van der Waals surface area contributed by atoms with Crippen LogP contribution in [0.5, 0.6) is 0 Å². The predicted molar refractivity (Wildman–Crippen MR) is 113 cm³/mol. The Morgan fingerprint density at radius 1 is 1.43 bits per heavy atom. The Morgan fingerprint density at radius 2 is 2.14 bits per heavy atom. The van der Waals surface area contributed by atoms with Gasteiger partial charge in [0.05, 0.1) is 15.5 Å². The molecule has 7 nitrogen and oxygen atoms in total.